The summed E-state index contributed by atoms with van der Waals surface area (Å²) in [5, 5.41) is 3.20. The van der Waals surface area contributed by atoms with Gasteiger partial charge in [-0.15, -0.1) is 0 Å². The first-order valence-corrected chi connectivity index (χ1v) is 7.52. The summed E-state index contributed by atoms with van der Waals surface area (Å²) in [6.07, 6.45) is 2.67. The molecule has 2 aromatic carbocycles. The molecule has 0 bridgehead atoms. The Morgan fingerprint density at radius 2 is 1.90 bits per heavy atom. The van der Waals surface area contributed by atoms with Gasteiger partial charge in [-0.1, -0.05) is 31.2 Å². The van der Waals surface area contributed by atoms with Gasteiger partial charge >= 0.3 is 0 Å². The Labute approximate surface area is 125 Å². The van der Waals surface area contributed by atoms with Crippen LogP contribution < -0.4 is 10.1 Å². The van der Waals surface area contributed by atoms with Crippen molar-refractivity contribution in [1.82, 2.24) is 5.32 Å². The SMILES string of the molecule is CCNCc1ccc(-c2ccc(OC3CC3)cc2)c(F)c1. The highest BCUT2D eigenvalue weighted by Crippen LogP contribution is 2.29. The Bertz CT molecular complexity index is 605. The molecule has 2 nitrogen and oxygen atoms in total. The lowest BCUT2D eigenvalue weighted by atomic mass is 10.0. The molecule has 0 spiro atoms. The summed E-state index contributed by atoms with van der Waals surface area (Å²) in [4.78, 5) is 0. The Kier molecular flexibility index (Phi) is 4.20. The van der Waals surface area contributed by atoms with Gasteiger partial charge in [-0.3, -0.25) is 0 Å². The number of nitrogens with one attached hydrogen (secondary N) is 1. The largest absolute Gasteiger partial charge is 0.490 e. The average molecular weight is 285 g/mol. The molecular formula is C18H20FNO. The number of benzene rings is 2. The first-order valence-electron chi connectivity index (χ1n) is 7.52. The van der Waals surface area contributed by atoms with E-state index in [0.717, 1.165) is 36.3 Å². The van der Waals surface area contributed by atoms with Crippen molar-refractivity contribution in [3.8, 4) is 16.9 Å². The Morgan fingerprint density at radius 3 is 2.52 bits per heavy atom. The molecule has 0 radical (unpaired) electrons. The number of rotatable bonds is 6. The maximum atomic E-state index is 14.2. The normalized spacial score (nSPS) is 14.2. The predicted octanol–water partition coefficient (Wildman–Crippen LogP) is 4.14. The maximum Gasteiger partial charge on any atom is 0.131 e. The first-order chi connectivity index (χ1) is 10.3. The lowest BCUT2D eigenvalue weighted by Gasteiger charge is -2.09. The van der Waals surface area contributed by atoms with Gasteiger partial charge in [0.25, 0.3) is 0 Å². The molecule has 0 unspecified atom stereocenters. The van der Waals surface area contributed by atoms with Crippen LogP contribution in [0.25, 0.3) is 11.1 Å². The molecule has 0 aliphatic heterocycles. The van der Waals surface area contributed by atoms with E-state index in [1.807, 2.05) is 43.3 Å². The number of hydrogen-bond donors (Lipinski definition) is 1. The van der Waals surface area contributed by atoms with Crippen molar-refractivity contribution >= 4 is 0 Å². The minimum absolute atomic E-state index is 0.179. The van der Waals surface area contributed by atoms with Crippen LogP contribution >= 0.6 is 0 Å². The number of hydrogen-bond acceptors (Lipinski definition) is 2. The second kappa shape index (κ2) is 6.27. The molecule has 3 heteroatoms. The molecular weight excluding hydrogens is 265 g/mol. The molecule has 1 fully saturated rings. The molecule has 1 saturated carbocycles. The quantitative estimate of drug-likeness (QED) is 0.861. The molecule has 0 atom stereocenters. The van der Waals surface area contributed by atoms with Gasteiger partial charge in [-0.05, 0) is 48.7 Å². The molecule has 0 amide bonds. The third-order valence-corrected chi connectivity index (χ3v) is 3.61. The lowest BCUT2D eigenvalue weighted by Crippen LogP contribution is -2.11. The highest BCUT2D eigenvalue weighted by Gasteiger charge is 2.23. The van der Waals surface area contributed by atoms with Gasteiger partial charge in [-0.2, -0.15) is 0 Å². The lowest BCUT2D eigenvalue weighted by molar-refractivity contribution is 0.303. The van der Waals surface area contributed by atoms with Crippen LogP contribution in [0.4, 0.5) is 4.39 Å². The minimum Gasteiger partial charge on any atom is -0.490 e. The monoisotopic (exact) mass is 285 g/mol. The second-order valence-electron chi connectivity index (χ2n) is 5.44. The topological polar surface area (TPSA) is 21.3 Å². The molecule has 0 aromatic heterocycles. The van der Waals surface area contributed by atoms with Crippen LogP contribution in [0, 0.1) is 5.82 Å². The van der Waals surface area contributed by atoms with E-state index in [1.165, 1.54) is 0 Å². The fourth-order valence-corrected chi connectivity index (χ4v) is 2.26. The van der Waals surface area contributed by atoms with Crippen LogP contribution in [-0.4, -0.2) is 12.6 Å². The molecule has 21 heavy (non-hydrogen) atoms. The maximum absolute atomic E-state index is 14.2. The van der Waals surface area contributed by atoms with E-state index in [4.69, 9.17) is 4.74 Å². The van der Waals surface area contributed by atoms with Crippen LogP contribution in [0.3, 0.4) is 0 Å². The Morgan fingerprint density at radius 1 is 1.14 bits per heavy atom. The first kappa shape index (κ1) is 14.1. The van der Waals surface area contributed by atoms with Gasteiger partial charge in [0, 0.05) is 12.1 Å². The van der Waals surface area contributed by atoms with Crippen molar-refractivity contribution in [2.75, 3.05) is 6.54 Å². The zero-order chi connectivity index (χ0) is 14.7. The van der Waals surface area contributed by atoms with Gasteiger partial charge in [0.1, 0.15) is 11.6 Å². The highest BCUT2D eigenvalue weighted by molar-refractivity contribution is 5.65. The zero-order valence-corrected chi connectivity index (χ0v) is 12.2. The van der Waals surface area contributed by atoms with Crippen LogP contribution in [0.15, 0.2) is 42.5 Å². The van der Waals surface area contributed by atoms with Crippen LogP contribution in [0.5, 0.6) is 5.75 Å². The summed E-state index contributed by atoms with van der Waals surface area (Å²) in [5.41, 5.74) is 2.48. The van der Waals surface area contributed by atoms with E-state index < -0.39 is 0 Å². The average Bonchev–Trinajstić information content (AvgIpc) is 3.30. The predicted molar refractivity (Wildman–Crippen MR) is 82.9 cm³/mol. The van der Waals surface area contributed by atoms with E-state index in [1.54, 1.807) is 6.07 Å². The molecule has 1 aliphatic carbocycles. The molecule has 110 valence electrons. The summed E-state index contributed by atoms with van der Waals surface area (Å²) >= 11 is 0. The van der Waals surface area contributed by atoms with Crippen molar-refractivity contribution in [3.05, 3.63) is 53.8 Å². The number of halogens is 1. The Hall–Kier alpha value is -1.87. The summed E-state index contributed by atoms with van der Waals surface area (Å²) in [7, 11) is 0. The van der Waals surface area contributed by atoms with Crippen LogP contribution in [0.1, 0.15) is 25.3 Å². The zero-order valence-electron chi connectivity index (χ0n) is 12.2. The van der Waals surface area contributed by atoms with E-state index in [-0.39, 0.29) is 5.82 Å². The van der Waals surface area contributed by atoms with Crippen LogP contribution in [-0.2, 0) is 6.54 Å². The van der Waals surface area contributed by atoms with Crippen molar-refractivity contribution in [2.45, 2.75) is 32.4 Å². The van der Waals surface area contributed by atoms with Gasteiger partial charge in [-0.25, -0.2) is 4.39 Å². The number of ether oxygens (including phenoxy) is 1. The summed E-state index contributed by atoms with van der Waals surface area (Å²) < 4.78 is 19.9. The highest BCUT2D eigenvalue weighted by atomic mass is 19.1. The summed E-state index contributed by atoms with van der Waals surface area (Å²) in [6.45, 7) is 3.61. The van der Waals surface area contributed by atoms with Crippen molar-refractivity contribution in [3.63, 3.8) is 0 Å². The third-order valence-electron chi connectivity index (χ3n) is 3.61. The van der Waals surface area contributed by atoms with Gasteiger partial charge in [0.15, 0.2) is 0 Å². The molecule has 0 heterocycles. The minimum atomic E-state index is -0.179. The Balaban J connectivity index is 1.75. The fourth-order valence-electron chi connectivity index (χ4n) is 2.26. The molecule has 0 saturated heterocycles. The van der Waals surface area contributed by atoms with Crippen molar-refractivity contribution in [2.24, 2.45) is 0 Å². The second-order valence-corrected chi connectivity index (χ2v) is 5.44. The standard InChI is InChI=1S/C18H20FNO/c1-2-20-12-13-3-10-17(18(19)11-13)14-4-6-15(7-5-14)21-16-8-9-16/h3-7,10-11,16,20H,2,8-9,12H2,1H3. The van der Waals surface area contributed by atoms with E-state index in [9.17, 15) is 4.39 Å². The smallest absolute Gasteiger partial charge is 0.131 e. The van der Waals surface area contributed by atoms with E-state index in [2.05, 4.69) is 5.32 Å². The van der Waals surface area contributed by atoms with E-state index in [0.29, 0.717) is 18.2 Å². The molecule has 3 rings (SSSR count). The van der Waals surface area contributed by atoms with Crippen molar-refractivity contribution < 1.29 is 9.13 Å². The van der Waals surface area contributed by atoms with E-state index >= 15 is 0 Å². The van der Waals surface area contributed by atoms with Gasteiger partial charge < -0.3 is 10.1 Å². The van der Waals surface area contributed by atoms with Gasteiger partial charge in [0.2, 0.25) is 0 Å². The molecule has 1 aliphatic rings. The fraction of sp³-hybridized carbons (Fsp3) is 0.333. The van der Waals surface area contributed by atoms with Crippen LogP contribution in [0.2, 0.25) is 0 Å². The van der Waals surface area contributed by atoms with Crippen molar-refractivity contribution in [1.29, 1.82) is 0 Å². The molecule has 2 aromatic rings. The third kappa shape index (κ3) is 3.61. The summed E-state index contributed by atoms with van der Waals surface area (Å²) in [6, 6.07) is 13.1. The molecule has 1 N–H and O–H groups in total. The van der Waals surface area contributed by atoms with Gasteiger partial charge in [0.05, 0.1) is 6.10 Å². The summed E-state index contributed by atoms with van der Waals surface area (Å²) in [5.74, 6) is 0.687.